The Balaban J connectivity index is 1.87. The quantitative estimate of drug-likeness (QED) is 0.655. The number of aryl methyl sites for hydroxylation is 1. The van der Waals surface area contributed by atoms with Gasteiger partial charge in [-0.15, -0.1) is 0 Å². The molecule has 1 aromatic carbocycles. The summed E-state index contributed by atoms with van der Waals surface area (Å²) < 4.78 is 2.12. The van der Waals surface area contributed by atoms with E-state index in [9.17, 15) is 0 Å². The van der Waals surface area contributed by atoms with Gasteiger partial charge in [0.2, 0.25) is 0 Å². The molecule has 0 saturated carbocycles. The minimum absolute atomic E-state index is 0.742. The zero-order valence-corrected chi connectivity index (χ0v) is 14.0. The minimum Gasteiger partial charge on any atom is -0.379 e. The van der Waals surface area contributed by atoms with Crippen LogP contribution < -0.4 is 5.32 Å². The first-order chi connectivity index (χ1) is 9.65. The van der Waals surface area contributed by atoms with E-state index in [-0.39, 0.29) is 0 Å². The average Bonchev–Trinajstić information content (AvgIpc) is 2.81. The molecule has 0 bridgehead atoms. The van der Waals surface area contributed by atoms with Gasteiger partial charge in [-0.2, -0.15) is 0 Å². The Morgan fingerprint density at radius 3 is 2.75 bits per heavy atom. The molecule has 0 aliphatic carbocycles. The molecule has 2 N–H and O–H groups in total. The number of pyridine rings is 1. The first-order valence-electron chi connectivity index (χ1n) is 6.25. The summed E-state index contributed by atoms with van der Waals surface area (Å²) in [5.41, 5.74) is 4.40. The number of hydrogen-bond donors (Lipinski definition) is 2. The maximum Gasteiger partial charge on any atom is 0.137 e. The maximum absolute atomic E-state index is 4.30. The van der Waals surface area contributed by atoms with E-state index in [2.05, 4.69) is 72.3 Å². The van der Waals surface area contributed by atoms with Crippen molar-refractivity contribution >= 4 is 48.6 Å². The molecule has 0 atom stereocenters. The van der Waals surface area contributed by atoms with Gasteiger partial charge in [-0.3, -0.25) is 0 Å². The summed E-state index contributed by atoms with van der Waals surface area (Å²) in [6.45, 7) is 2.82. The Morgan fingerprint density at radius 2 is 2.00 bits per heavy atom. The number of nitrogens with zero attached hydrogens (tertiary/aromatic N) is 1. The fourth-order valence-corrected chi connectivity index (χ4v) is 3.91. The van der Waals surface area contributed by atoms with E-state index in [0.29, 0.717) is 0 Å². The number of benzene rings is 1. The predicted molar refractivity (Wildman–Crippen MR) is 90.0 cm³/mol. The van der Waals surface area contributed by atoms with Crippen LogP contribution in [-0.2, 0) is 6.54 Å². The largest absolute Gasteiger partial charge is 0.379 e. The molecule has 0 fully saturated rings. The third-order valence-corrected chi connectivity index (χ3v) is 4.43. The third-order valence-electron chi connectivity index (χ3n) is 3.18. The second-order valence-corrected chi connectivity index (χ2v) is 6.38. The number of fused-ring (bicyclic) bond motifs is 1. The van der Waals surface area contributed by atoms with E-state index in [4.69, 9.17) is 0 Å². The van der Waals surface area contributed by atoms with Gasteiger partial charge in [0.1, 0.15) is 5.65 Å². The number of nitrogens with one attached hydrogen (secondary N) is 2. The van der Waals surface area contributed by atoms with Gasteiger partial charge < -0.3 is 10.3 Å². The molecule has 0 spiro atoms. The minimum atomic E-state index is 0.742. The van der Waals surface area contributed by atoms with Crippen LogP contribution in [0.4, 0.5) is 5.69 Å². The highest BCUT2D eigenvalue weighted by atomic mass is 79.9. The number of anilines is 1. The molecular weight excluding hydrogens is 382 g/mol. The van der Waals surface area contributed by atoms with Gasteiger partial charge in [-0.1, -0.05) is 0 Å². The summed E-state index contributed by atoms with van der Waals surface area (Å²) in [6.07, 6.45) is 3.80. The predicted octanol–water partition coefficient (Wildman–Crippen LogP) is 5.01. The van der Waals surface area contributed by atoms with Crippen molar-refractivity contribution in [1.29, 1.82) is 0 Å². The molecule has 0 unspecified atom stereocenters. The van der Waals surface area contributed by atoms with Gasteiger partial charge in [0.15, 0.2) is 0 Å². The number of rotatable bonds is 3. The molecule has 0 aliphatic heterocycles. The Labute approximate surface area is 134 Å². The van der Waals surface area contributed by atoms with Gasteiger partial charge in [0, 0.05) is 33.3 Å². The molecule has 2 aromatic heterocycles. The topological polar surface area (TPSA) is 40.7 Å². The normalized spacial score (nSPS) is 10.9. The summed E-state index contributed by atoms with van der Waals surface area (Å²) in [5.74, 6) is 0. The molecule has 0 radical (unpaired) electrons. The molecule has 3 rings (SSSR count). The molecular formula is C15H13Br2N3. The fourth-order valence-electron chi connectivity index (χ4n) is 2.21. The molecule has 3 nitrogen and oxygen atoms in total. The van der Waals surface area contributed by atoms with E-state index in [1.165, 1.54) is 11.1 Å². The van der Waals surface area contributed by atoms with Crippen molar-refractivity contribution < 1.29 is 0 Å². The van der Waals surface area contributed by atoms with Gasteiger partial charge in [0.25, 0.3) is 0 Å². The fraction of sp³-hybridized carbons (Fsp3) is 0.133. The summed E-state index contributed by atoms with van der Waals surface area (Å²) >= 11 is 7.20. The van der Waals surface area contributed by atoms with Crippen molar-refractivity contribution in [3.05, 3.63) is 56.7 Å². The van der Waals surface area contributed by atoms with Crippen molar-refractivity contribution in [2.24, 2.45) is 0 Å². The SMILES string of the molecule is Cc1cc(Br)c(NCc2c[nH]c3ncccc23)c(Br)c1. The zero-order chi connectivity index (χ0) is 14.1. The van der Waals surface area contributed by atoms with Gasteiger partial charge >= 0.3 is 0 Å². The standard InChI is InChI=1S/C15H13Br2N3/c1-9-5-12(16)14(13(17)6-9)19-7-10-8-20-15-11(10)3-2-4-18-15/h2-6,8,19H,7H2,1H3,(H,18,20). The molecule has 102 valence electrons. The van der Waals surface area contributed by atoms with Crippen LogP contribution in [0.25, 0.3) is 11.0 Å². The second-order valence-electron chi connectivity index (χ2n) is 4.67. The van der Waals surface area contributed by atoms with Crippen LogP contribution in [0.15, 0.2) is 45.6 Å². The van der Waals surface area contributed by atoms with E-state index >= 15 is 0 Å². The van der Waals surface area contributed by atoms with E-state index in [0.717, 1.165) is 32.2 Å². The van der Waals surface area contributed by atoms with Crippen LogP contribution in [0.5, 0.6) is 0 Å². The smallest absolute Gasteiger partial charge is 0.137 e. The third kappa shape index (κ3) is 2.60. The highest BCUT2D eigenvalue weighted by molar-refractivity contribution is 9.11. The summed E-state index contributed by atoms with van der Waals surface area (Å²) in [6, 6.07) is 8.24. The van der Waals surface area contributed by atoms with Crippen LogP contribution in [0.2, 0.25) is 0 Å². The number of H-pyrrole nitrogens is 1. The number of aromatic nitrogens is 2. The van der Waals surface area contributed by atoms with Crippen molar-refractivity contribution in [3.8, 4) is 0 Å². The van der Waals surface area contributed by atoms with Crippen LogP contribution >= 0.6 is 31.9 Å². The van der Waals surface area contributed by atoms with Crippen molar-refractivity contribution in [2.45, 2.75) is 13.5 Å². The maximum atomic E-state index is 4.30. The Hall–Kier alpha value is -1.33. The van der Waals surface area contributed by atoms with Crippen LogP contribution in [0.3, 0.4) is 0 Å². The Bertz CT molecular complexity index is 742. The number of halogens is 2. The molecule has 3 aromatic rings. The molecule has 20 heavy (non-hydrogen) atoms. The molecule has 5 heteroatoms. The zero-order valence-electron chi connectivity index (χ0n) is 10.9. The first-order valence-corrected chi connectivity index (χ1v) is 7.84. The summed E-state index contributed by atoms with van der Waals surface area (Å²) in [7, 11) is 0. The van der Waals surface area contributed by atoms with Crippen molar-refractivity contribution in [1.82, 2.24) is 9.97 Å². The van der Waals surface area contributed by atoms with Crippen molar-refractivity contribution in [3.63, 3.8) is 0 Å². The van der Waals surface area contributed by atoms with Gasteiger partial charge in [-0.25, -0.2) is 4.98 Å². The average molecular weight is 395 g/mol. The van der Waals surface area contributed by atoms with Gasteiger partial charge in [0.05, 0.1) is 5.69 Å². The van der Waals surface area contributed by atoms with Crippen LogP contribution in [0, 0.1) is 6.92 Å². The van der Waals surface area contributed by atoms with Gasteiger partial charge in [-0.05, 0) is 74.2 Å². The lowest BCUT2D eigenvalue weighted by Gasteiger charge is -2.11. The molecule has 2 heterocycles. The Kier molecular flexibility index (Phi) is 3.81. The lowest BCUT2D eigenvalue weighted by atomic mass is 10.2. The van der Waals surface area contributed by atoms with Crippen LogP contribution in [-0.4, -0.2) is 9.97 Å². The van der Waals surface area contributed by atoms with Crippen molar-refractivity contribution in [2.75, 3.05) is 5.32 Å². The Morgan fingerprint density at radius 1 is 1.25 bits per heavy atom. The molecule has 0 amide bonds. The summed E-state index contributed by atoms with van der Waals surface area (Å²) in [5, 5.41) is 4.61. The highest BCUT2D eigenvalue weighted by Gasteiger charge is 2.08. The lowest BCUT2D eigenvalue weighted by molar-refractivity contribution is 1.15. The van der Waals surface area contributed by atoms with E-state index in [1.807, 2.05) is 12.3 Å². The summed E-state index contributed by atoms with van der Waals surface area (Å²) in [4.78, 5) is 7.49. The molecule has 0 aliphatic rings. The monoisotopic (exact) mass is 393 g/mol. The van der Waals surface area contributed by atoms with E-state index in [1.54, 1.807) is 6.20 Å². The lowest BCUT2D eigenvalue weighted by Crippen LogP contribution is -2.00. The highest BCUT2D eigenvalue weighted by Crippen LogP contribution is 2.33. The second kappa shape index (κ2) is 5.58. The number of aromatic amines is 1. The van der Waals surface area contributed by atoms with Crippen LogP contribution in [0.1, 0.15) is 11.1 Å². The number of hydrogen-bond acceptors (Lipinski definition) is 2. The van der Waals surface area contributed by atoms with E-state index < -0.39 is 0 Å². The first kappa shape index (κ1) is 13.6. The molecule has 0 saturated heterocycles.